The largest absolute Gasteiger partial charge is 0.479 e. The molecule has 0 bridgehead atoms. The SMILES string of the molecule is COC[C@H](Cn1cnc2c(OC)ncnc21)OCP(=O)(O)O. The van der Waals surface area contributed by atoms with Gasteiger partial charge in [-0.05, 0) is 0 Å². The molecule has 11 heteroatoms. The molecule has 0 amide bonds. The lowest BCUT2D eigenvalue weighted by Gasteiger charge is -2.18. The van der Waals surface area contributed by atoms with Crippen molar-refractivity contribution < 1.29 is 28.6 Å². The Morgan fingerprint density at radius 1 is 1.32 bits per heavy atom. The smallest absolute Gasteiger partial charge is 0.350 e. The van der Waals surface area contributed by atoms with E-state index in [0.717, 1.165) is 0 Å². The first kappa shape index (κ1) is 16.8. The Morgan fingerprint density at radius 2 is 2.09 bits per heavy atom. The zero-order chi connectivity index (χ0) is 16.2. The van der Waals surface area contributed by atoms with Crippen LogP contribution in [0.1, 0.15) is 0 Å². The summed E-state index contributed by atoms with van der Waals surface area (Å²) < 4.78 is 27.9. The molecule has 0 saturated heterocycles. The lowest BCUT2D eigenvalue weighted by atomic mass is 10.3. The summed E-state index contributed by atoms with van der Waals surface area (Å²) in [5, 5.41) is 0. The van der Waals surface area contributed by atoms with Crippen molar-refractivity contribution >= 4 is 18.8 Å². The minimum absolute atomic E-state index is 0.169. The van der Waals surface area contributed by atoms with E-state index in [1.807, 2.05) is 0 Å². The molecule has 1 atom stereocenters. The van der Waals surface area contributed by atoms with Gasteiger partial charge in [0.15, 0.2) is 11.2 Å². The molecule has 0 aliphatic carbocycles. The Morgan fingerprint density at radius 3 is 2.73 bits per heavy atom. The predicted molar refractivity (Wildman–Crippen MR) is 75.5 cm³/mol. The van der Waals surface area contributed by atoms with Crippen LogP contribution in [-0.4, -0.2) is 62.6 Å². The number of methoxy groups -OCH3 is 2. The Balaban J connectivity index is 2.17. The highest BCUT2D eigenvalue weighted by atomic mass is 31.2. The van der Waals surface area contributed by atoms with E-state index in [1.54, 1.807) is 4.57 Å². The van der Waals surface area contributed by atoms with Crippen LogP contribution in [0.4, 0.5) is 0 Å². The number of fused-ring (bicyclic) bond motifs is 1. The van der Waals surface area contributed by atoms with Crippen LogP contribution in [0, 0.1) is 0 Å². The van der Waals surface area contributed by atoms with Crippen molar-refractivity contribution in [1.82, 2.24) is 19.5 Å². The Bertz CT molecular complexity index is 672. The molecular formula is C11H17N4O6P. The fourth-order valence-electron chi connectivity index (χ4n) is 1.90. The van der Waals surface area contributed by atoms with Crippen molar-refractivity contribution in [1.29, 1.82) is 0 Å². The van der Waals surface area contributed by atoms with Crippen molar-refractivity contribution in [2.45, 2.75) is 12.6 Å². The number of hydrogen-bond acceptors (Lipinski definition) is 7. The second-order valence-corrected chi connectivity index (χ2v) is 6.08. The third-order valence-electron chi connectivity index (χ3n) is 2.79. The van der Waals surface area contributed by atoms with Gasteiger partial charge in [-0.15, -0.1) is 0 Å². The maximum Gasteiger partial charge on any atom is 0.350 e. The van der Waals surface area contributed by atoms with Gasteiger partial charge in [0.05, 0.1) is 32.7 Å². The molecule has 0 spiro atoms. The molecule has 2 heterocycles. The maximum atomic E-state index is 10.9. The van der Waals surface area contributed by atoms with Crippen molar-refractivity contribution in [2.75, 3.05) is 27.2 Å². The number of rotatable bonds is 8. The standard InChI is InChI=1S/C11H17N4O6P/c1-19-4-8(21-7-22(16,17)18)3-15-6-14-9-10(15)12-5-13-11(9)20-2/h5-6,8H,3-4,7H2,1-2H3,(H2,16,17,18)/t8-/m0/s1. The van der Waals surface area contributed by atoms with Gasteiger partial charge < -0.3 is 28.6 Å². The first-order valence-corrected chi connectivity index (χ1v) is 8.09. The van der Waals surface area contributed by atoms with Crippen LogP contribution < -0.4 is 4.74 Å². The second kappa shape index (κ2) is 7.12. The van der Waals surface area contributed by atoms with Crippen LogP contribution >= 0.6 is 7.60 Å². The highest BCUT2D eigenvalue weighted by Gasteiger charge is 2.20. The summed E-state index contributed by atoms with van der Waals surface area (Å²) in [6.07, 6.45) is 1.65. The molecule has 0 radical (unpaired) electrons. The minimum atomic E-state index is -4.24. The van der Waals surface area contributed by atoms with E-state index in [4.69, 9.17) is 24.0 Å². The van der Waals surface area contributed by atoms with E-state index < -0.39 is 20.0 Å². The summed E-state index contributed by atoms with van der Waals surface area (Å²) >= 11 is 0. The molecule has 2 aromatic rings. The van der Waals surface area contributed by atoms with Gasteiger partial charge in [-0.3, -0.25) is 4.57 Å². The molecule has 0 unspecified atom stereocenters. The van der Waals surface area contributed by atoms with Crippen LogP contribution in [0.25, 0.3) is 11.2 Å². The Kier molecular flexibility index (Phi) is 5.43. The zero-order valence-corrected chi connectivity index (χ0v) is 13.0. The van der Waals surface area contributed by atoms with Crippen LogP contribution in [0.5, 0.6) is 5.88 Å². The van der Waals surface area contributed by atoms with Crippen LogP contribution in [0.2, 0.25) is 0 Å². The molecular weight excluding hydrogens is 315 g/mol. The fraction of sp³-hybridized carbons (Fsp3) is 0.545. The summed E-state index contributed by atoms with van der Waals surface area (Å²) in [4.78, 5) is 30.0. The molecule has 0 saturated carbocycles. The summed E-state index contributed by atoms with van der Waals surface area (Å²) in [7, 11) is -1.28. The fourth-order valence-corrected chi connectivity index (χ4v) is 2.31. The summed E-state index contributed by atoms with van der Waals surface area (Å²) in [5.74, 6) is 0.350. The van der Waals surface area contributed by atoms with Gasteiger partial charge in [0.25, 0.3) is 0 Å². The first-order chi connectivity index (χ1) is 10.4. The van der Waals surface area contributed by atoms with Crippen LogP contribution in [-0.2, 0) is 20.6 Å². The van der Waals surface area contributed by atoms with E-state index in [9.17, 15) is 4.57 Å². The Labute approximate surface area is 126 Å². The van der Waals surface area contributed by atoms with E-state index >= 15 is 0 Å². The highest BCUT2D eigenvalue weighted by Crippen LogP contribution is 2.34. The maximum absolute atomic E-state index is 10.9. The van der Waals surface area contributed by atoms with E-state index in [2.05, 4.69) is 15.0 Å². The first-order valence-electron chi connectivity index (χ1n) is 6.29. The van der Waals surface area contributed by atoms with Gasteiger partial charge in [-0.2, -0.15) is 4.98 Å². The summed E-state index contributed by atoms with van der Waals surface area (Å²) in [6, 6.07) is 0. The molecule has 2 N–H and O–H groups in total. The molecule has 122 valence electrons. The van der Waals surface area contributed by atoms with Crippen molar-refractivity contribution in [2.24, 2.45) is 0 Å². The topological polar surface area (TPSA) is 129 Å². The van der Waals surface area contributed by atoms with Gasteiger partial charge in [0.2, 0.25) is 5.88 Å². The van der Waals surface area contributed by atoms with Crippen LogP contribution in [0.3, 0.4) is 0 Å². The number of aromatic nitrogens is 4. The van der Waals surface area contributed by atoms with Gasteiger partial charge in [0, 0.05) is 7.11 Å². The molecule has 0 aliphatic rings. The van der Waals surface area contributed by atoms with Gasteiger partial charge in [-0.25, -0.2) is 9.97 Å². The number of hydrogen-bond donors (Lipinski definition) is 2. The van der Waals surface area contributed by atoms with E-state index in [1.165, 1.54) is 26.9 Å². The Hall–Kier alpha value is -1.58. The van der Waals surface area contributed by atoms with E-state index in [0.29, 0.717) is 17.0 Å². The van der Waals surface area contributed by atoms with Gasteiger partial charge >= 0.3 is 7.60 Å². The van der Waals surface area contributed by atoms with Crippen LogP contribution in [0.15, 0.2) is 12.7 Å². The molecule has 10 nitrogen and oxygen atoms in total. The molecule has 0 aliphatic heterocycles. The lowest BCUT2D eigenvalue weighted by molar-refractivity contribution is 0.00416. The average molecular weight is 332 g/mol. The minimum Gasteiger partial charge on any atom is -0.479 e. The van der Waals surface area contributed by atoms with Crippen molar-refractivity contribution in [3.63, 3.8) is 0 Å². The normalized spacial score (nSPS) is 13.5. The molecule has 0 aromatic carbocycles. The average Bonchev–Trinajstić information content (AvgIpc) is 2.87. The lowest BCUT2D eigenvalue weighted by Crippen LogP contribution is -2.25. The third-order valence-corrected chi connectivity index (χ3v) is 3.28. The third kappa shape index (κ3) is 4.21. The molecule has 2 aromatic heterocycles. The summed E-state index contributed by atoms with van der Waals surface area (Å²) in [5.41, 5.74) is 1.03. The predicted octanol–water partition coefficient (Wildman–Crippen LogP) is 0.00170. The zero-order valence-electron chi connectivity index (χ0n) is 12.1. The summed E-state index contributed by atoms with van der Waals surface area (Å²) in [6.45, 7) is 0.437. The number of nitrogens with zero attached hydrogens (tertiary/aromatic N) is 4. The monoisotopic (exact) mass is 332 g/mol. The quantitative estimate of drug-likeness (QED) is 0.642. The van der Waals surface area contributed by atoms with Gasteiger partial charge in [0.1, 0.15) is 12.7 Å². The number of imidazole rings is 1. The number of ether oxygens (including phenoxy) is 3. The van der Waals surface area contributed by atoms with Gasteiger partial charge in [-0.1, -0.05) is 0 Å². The molecule has 2 rings (SSSR count). The van der Waals surface area contributed by atoms with Crippen molar-refractivity contribution in [3.8, 4) is 5.88 Å². The molecule has 22 heavy (non-hydrogen) atoms. The second-order valence-electron chi connectivity index (χ2n) is 4.49. The van der Waals surface area contributed by atoms with Crippen molar-refractivity contribution in [3.05, 3.63) is 12.7 Å². The highest BCUT2D eigenvalue weighted by molar-refractivity contribution is 7.51. The molecule has 0 fully saturated rings. The van der Waals surface area contributed by atoms with E-state index in [-0.39, 0.29) is 13.2 Å².